The Hall–Kier alpha value is 0.137. The van der Waals surface area contributed by atoms with E-state index in [9.17, 15) is 0 Å². The summed E-state index contributed by atoms with van der Waals surface area (Å²) < 4.78 is 6.39. The second kappa shape index (κ2) is 8.34. The molecule has 0 spiro atoms. The van der Waals surface area contributed by atoms with Gasteiger partial charge in [0.15, 0.2) is 9.04 Å². The highest BCUT2D eigenvalue weighted by Crippen LogP contribution is 2.41. The minimum atomic E-state index is -0.991. The monoisotopic (exact) mass is 269 g/mol. The summed E-state index contributed by atoms with van der Waals surface area (Å²) in [5.41, 5.74) is 1.97. The van der Waals surface area contributed by atoms with Gasteiger partial charge in [0.1, 0.15) is 0 Å². The van der Waals surface area contributed by atoms with Gasteiger partial charge in [-0.1, -0.05) is 71.1 Å². The molecule has 2 rings (SSSR count). The molecule has 0 bridgehead atoms. The minimum Gasteiger partial charge on any atom is -0.407 e. The van der Waals surface area contributed by atoms with E-state index in [1.165, 1.54) is 64.2 Å². The average molecular weight is 270 g/mol. The quantitative estimate of drug-likeness (QED) is 0.448. The zero-order valence-electron chi connectivity index (χ0n) is 12.1. The van der Waals surface area contributed by atoms with Gasteiger partial charge >= 0.3 is 0 Å². The first-order chi connectivity index (χ1) is 8.92. The van der Waals surface area contributed by atoms with Crippen LogP contribution in [0.2, 0.25) is 11.1 Å². The van der Waals surface area contributed by atoms with Crippen LogP contribution in [0.3, 0.4) is 0 Å². The fourth-order valence-electron chi connectivity index (χ4n) is 3.84. The van der Waals surface area contributed by atoms with Gasteiger partial charge in [0, 0.05) is 0 Å². The van der Waals surface area contributed by atoms with E-state index in [4.69, 9.17) is 4.43 Å². The summed E-state index contributed by atoms with van der Waals surface area (Å²) in [6, 6.07) is 0. The zero-order valence-corrected chi connectivity index (χ0v) is 13.3. The Balaban J connectivity index is 1.87. The van der Waals surface area contributed by atoms with E-state index in [-0.39, 0.29) is 0 Å². The van der Waals surface area contributed by atoms with Gasteiger partial charge in [-0.3, -0.25) is 5.32 Å². The van der Waals surface area contributed by atoms with Crippen molar-refractivity contribution in [2.45, 2.75) is 82.2 Å². The molecule has 2 nitrogen and oxygen atoms in total. The number of hydrogen-bond donors (Lipinski definition) is 1. The minimum absolute atomic E-state index is 0.820. The third-order valence-electron chi connectivity index (χ3n) is 4.86. The number of hydrogen-bond acceptors (Lipinski definition) is 2. The van der Waals surface area contributed by atoms with Crippen molar-refractivity contribution < 1.29 is 4.43 Å². The molecular formula is C15H31NOSi. The van der Waals surface area contributed by atoms with Crippen LogP contribution in [0.25, 0.3) is 0 Å². The van der Waals surface area contributed by atoms with Gasteiger partial charge in [0.25, 0.3) is 0 Å². The molecule has 1 N–H and O–H groups in total. The van der Waals surface area contributed by atoms with E-state index in [1.807, 2.05) is 0 Å². The lowest BCUT2D eigenvalue weighted by Gasteiger charge is -2.36. The lowest BCUT2D eigenvalue weighted by molar-refractivity contribution is 0.258. The van der Waals surface area contributed by atoms with E-state index in [1.54, 1.807) is 0 Å². The Morgan fingerprint density at radius 1 is 0.889 bits per heavy atom. The fourth-order valence-corrected chi connectivity index (χ4v) is 7.72. The molecule has 0 heterocycles. The van der Waals surface area contributed by atoms with Gasteiger partial charge < -0.3 is 4.43 Å². The van der Waals surface area contributed by atoms with Crippen LogP contribution in [0.4, 0.5) is 0 Å². The van der Waals surface area contributed by atoms with Gasteiger partial charge in [-0.25, -0.2) is 0 Å². The molecule has 2 aliphatic carbocycles. The van der Waals surface area contributed by atoms with Crippen molar-refractivity contribution in [3.63, 3.8) is 0 Å². The van der Waals surface area contributed by atoms with Gasteiger partial charge in [0.2, 0.25) is 0 Å². The summed E-state index contributed by atoms with van der Waals surface area (Å²) in [5, 5.41) is 3.37. The Morgan fingerprint density at radius 2 is 1.39 bits per heavy atom. The standard InChI is InChI=1S/C15H31NOSi/c1-2-16-13-17-18(14-9-5-3-6-10-14)15-11-7-4-8-12-15/h14-16,18H,2-13H2,1H3. The van der Waals surface area contributed by atoms with Gasteiger partial charge in [-0.05, 0) is 17.6 Å². The van der Waals surface area contributed by atoms with Crippen LogP contribution in [0, 0.1) is 0 Å². The Morgan fingerprint density at radius 3 is 1.83 bits per heavy atom. The molecule has 0 saturated heterocycles. The van der Waals surface area contributed by atoms with Crippen molar-refractivity contribution in [3.05, 3.63) is 0 Å². The average Bonchev–Trinajstić information content (AvgIpc) is 2.46. The molecule has 3 heteroatoms. The molecule has 0 amide bonds. The van der Waals surface area contributed by atoms with Crippen molar-refractivity contribution in [2.75, 3.05) is 13.3 Å². The van der Waals surface area contributed by atoms with Crippen molar-refractivity contribution in [2.24, 2.45) is 0 Å². The van der Waals surface area contributed by atoms with Gasteiger partial charge in [-0.2, -0.15) is 0 Å². The lowest BCUT2D eigenvalue weighted by atomic mass is 9.99. The molecule has 0 unspecified atom stereocenters. The normalized spacial score (nSPS) is 23.7. The topological polar surface area (TPSA) is 21.3 Å². The Kier molecular flexibility index (Phi) is 6.74. The largest absolute Gasteiger partial charge is 0.407 e. The van der Waals surface area contributed by atoms with Crippen LogP contribution in [0.5, 0.6) is 0 Å². The highest BCUT2D eigenvalue weighted by molar-refractivity contribution is 6.55. The summed E-state index contributed by atoms with van der Waals surface area (Å²) >= 11 is 0. The first-order valence-electron chi connectivity index (χ1n) is 8.24. The van der Waals surface area contributed by atoms with Crippen molar-refractivity contribution >= 4 is 9.04 Å². The summed E-state index contributed by atoms with van der Waals surface area (Å²) in [7, 11) is -0.991. The van der Waals surface area contributed by atoms with Crippen LogP contribution < -0.4 is 5.32 Å². The summed E-state index contributed by atoms with van der Waals surface area (Å²) in [6.07, 6.45) is 14.7. The maximum absolute atomic E-state index is 6.39. The van der Waals surface area contributed by atoms with Crippen LogP contribution in [0.1, 0.15) is 71.1 Å². The molecule has 2 saturated carbocycles. The fraction of sp³-hybridized carbons (Fsp3) is 1.00. The third kappa shape index (κ3) is 4.36. The van der Waals surface area contributed by atoms with Crippen molar-refractivity contribution in [3.8, 4) is 0 Å². The van der Waals surface area contributed by atoms with Crippen molar-refractivity contribution in [1.29, 1.82) is 0 Å². The second-order valence-electron chi connectivity index (χ2n) is 6.18. The molecule has 2 fully saturated rings. The SMILES string of the molecule is CCNCO[SiH](C1CCCCC1)C1CCCCC1. The zero-order chi connectivity index (χ0) is 12.6. The smallest absolute Gasteiger partial charge is 0.184 e. The van der Waals surface area contributed by atoms with Crippen molar-refractivity contribution in [1.82, 2.24) is 5.32 Å². The summed E-state index contributed by atoms with van der Waals surface area (Å²) in [6.45, 7) is 4.03. The van der Waals surface area contributed by atoms with Crippen LogP contribution in [0.15, 0.2) is 0 Å². The van der Waals surface area contributed by atoms with Crippen LogP contribution in [-0.4, -0.2) is 22.3 Å². The molecule has 0 aliphatic heterocycles. The third-order valence-corrected chi connectivity index (χ3v) is 8.60. The molecule has 0 aromatic carbocycles. The summed E-state index contributed by atoms with van der Waals surface area (Å²) in [4.78, 5) is 0. The molecule has 2 aliphatic rings. The van der Waals surface area contributed by atoms with Crippen LogP contribution in [-0.2, 0) is 4.43 Å². The van der Waals surface area contributed by atoms with Gasteiger partial charge in [0.05, 0.1) is 6.73 Å². The van der Waals surface area contributed by atoms with Crippen LogP contribution >= 0.6 is 0 Å². The second-order valence-corrected chi connectivity index (χ2v) is 9.32. The van der Waals surface area contributed by atoms with E-state index in [0.717, 1.165) is 24.4 Å². The first kappa shape index (κ1) is 14.5. The number of rotatable bonds is 6. The highest BCUT2D eigenvalue weighted by atomic mass is 28.3. The predicted molar refractivity (Wildman–Crippen MR) is 80.4 cm³/mol. The molecule has 18 heavy (non-hydrogen) atoms. The Bertz CT molecular complexity index is 195. The first-order valence-corrected chi connectivity index (χ1v) is 10.0. The maximum atomic E-state index is 6.39. The molecule has 106 valence electrons. The predicted octanol–water partition coefficient (Wildman–Crippen LogP) is 3.96. The molecular weight excluding hydrogens is 238 g/mol. The summed E-state index contributed by atoms with van der Waals surface area (Å²) in [5.74, 6) is 0. The highest BCUT2D eigenvalue weighted by Gasteiger charge is 2.33. The Labute approximate surface area is 115 Å². The maximum Gasteiger partial charge on any atom is 0.184 e. The molecule has 0 aromatic heterocycles. The lowest BCUT2D eigenvalue weighted by Crippen LogP contribution is -2.36. The van der Waals surface area contributed by atoms with E-state index < -0.39 is 9.04 Å². The molecule has 0 atom stereocenters. The number of nitrogens with one attached hydrogen (secondary N) is 1. The molecule has 0 radical (unpaired) electrons. The van der Waals surface area contributed by atoms with E-state index >= 15 is 0 Å². The van der Waals surface area contributed by atoms with Gasteiger partial charge in [-0.15, -0.1) is 0 Å². The van der Waals surface area contributed by atoms with E-state index in [0.29, 0.717) is 0 Å². The van der Waals surface area contributed by atoms with E-state index in [2.05, 4.69) is 12.2 Å². The molecule has 0 aromatic rings.